The molecule has 0 spiro atoms. The van der Waals surface area contributed by atoms with Gasteiger partial charge in [0.15, 0.2) is 0 Å². The van der Waals surface area contributed by atoms with Crippen LogP contribution in [0, 0.1) is 4.91 Å². The molecule has 0 aliphatic heterocycles. The Hall–Kier alpha value is -2.28. The van der Waals surface area contributed by atoms with Crippen molar-refractivity contribution in [2.24, 2.45) is 5.18 Å². The van der Waals surface area contributed by atoms with Gasteiger partial charge in [-0.25, -0.2) is 4.98 Å². The number of carbonyl (C=O) groups excluding carboxylic acids is 1. The first-order valence-corrected chi connectivity index (χ1v) is 5.80. The Morgan fingerprint density at radius 2 is 2.37 bits per heavy atom. The SMILES string of the molecule is CCOC(=O)Cc1nc2c(CO)cccn2c1N=O. The number of hydrogen-bond donors (Lipinski definition) is 1. The topological polar surface area (TPSA) is 93.3 Å². The van der Waals surface area contributed by atoms with Gasteiger partial charge in [-0.3, -0.25) is 9.20 Å². The summed E-state index contributed by atoms with van der Waals surface area (Å²) >= 11 is 0. The average Bonchev–Trinajstić information content (AvgIpc) is 2.75. The van der Waals surface area contributed by atoms with Gasteiger partial charge < -0.3 is 9.84 Å². The van der Waals surface area contributed by atoms with E-state index < -0.39 is 5.97 Å². The number of aromatic nitrogens is 2. The number of esters is 1. The fraction of sp³-hybridized carbons (Fsp3) is 0.333. The summed E-state index contributed by atoms with van der Waals surface area (Å²) in [6.45, 7) is 1.75. The normalized spacial score (nSPS) is 10.6. The summed E-state index contributed by atoms with van der Waals surface area (Å²) in [5.74, 6) is -0.417. The van der Waals surface area contributed by atoms with E-state index in [1.54, 1.807) is 25.3 Å². The van der Waals surface area contributed by atoms with Gasteiger partial charge in [-0.2, -0.15) is 0 Å². The lowest BCUT2D eigenvalue weighted by atomic mass is 10.3. The number of pyridine rings is 1. The summed E-state index contributed by atoms with van der Waals surface area (Å²) in [4.78, 5) is 26.5. The Morgan fingerprint density at radius 3 is 3.00 bits per heavy atom. The molecular weight excluding hydrogens is 250 g/mol. The summed E-state index contributed by atoms with van der Waals surface area (Å²) in [5, 5.41) is 12.1. The number of aliphatic hydroxyl groups is 1. The van der Waals surface area contributed by atoms with Crippen LogP contribution in [0.3, 0.4) is 0 Å². The molecule has 7 nitrogen and oxygen atoms in total. The van der Waals surface area contributed by atoms with Crippen LogP contribution >= 0.6 is 0 Å². The van der Waals surface area contributed by atoms with E-state index >= 15 is 0 Å². The minimum Gasteiger partial charge on any atom is -0.466 e. The summed E-state index contributed by atoms with van der Waals surface area (Å²) in [7, 11) is 0. The number of rotatable bonds is 5. The number of hydrogen-bond acceptors (Lipinski definition) is 6. The lowest BCUT2D eigenvalue weighted by molar-refractivity contribution is -0.142. The van der Waals surface area contributed by atoms with Crippen molar-refractivity contribution in [1.82, 2.24) is 9.38 Å². The molecule has 0 amide bonds. The van der Waals surface area contributed by atoms with Crippen molar-refractivity contribution in [3.63, 3.8) is 0 Å². The Bertz CT molecular complexity index is 621. The second-order valence-corrected chi connectivity index (χ2v) is 3.84. The fourth-order valence-electron chi connectivity index (χ4n) is 1.85. The number of imidazole rings is 1. The molecule has 100 valence electrons. The third-order valence-electron chi connectivity index (χ3n) is 2.65. The maximum Gasteiger partial charge on any atom is 0.312 e. The summed E-state index contributed by atoms with van der Waals surface area (Å²) in [6, 6.07) is 3.36. The first-order valence-electron chi connectivity index (χ1n) is 5.80. The van der Waals surface area contributed by atoms with E-state index in [1.165, 1.54) is 4.40 Å². The van der Waals surface area contributed by atoms with E-state index in [9.17, 15) is 14.8 Å². The summed E-state index contributed by atoms with van der Waals surface area (Å²) < 4.78 is 6.27. The van der Waals surface area contributed by atoms with Crippen LogP contribution in [0.25, 0.3) is 5.65 Å². The second kappa shape index (κ2) is 5.57. The van der Waals surface area contributed by atoms with Crippen LogP contribution in [-0.4, -0.2) is 27.1 Å². The molecule has 1 N–H and O–H groups in total. The quantitative estimate of drug-likeness (QED) is 0.648. The van der Waals surface area contributed by atoms with E-state index in [0.29, 0.717) is 11.2 Å². The molecule has 7 heteroatoms. The third kappa shape index (κ3) is 2.45. The molecule has 0 saturated carbocycles. The van der Waals surface area contributed by atoms with Gasteiger partial charge in [0.05, 0.1) is 19.6 Å². The van der Waals surface area contributed by atoms with E-state index in [0.717, 1.165) is 0 Å². The number of ether oxygens (including phenoxy) is 1. The molecule has 0 unspecified atom stereocenters. The fourth-order valence-corrected chi connectivity index (χ4v) is 1.85. The zero-order valence-electron chi connectivity index (χ0n) is 10.4. The van der Waals surface area contributed by atoms with Crippen LogP contribution in [0.2, 0.25) is 0 Å². The largest absolute Gasteiger partial charge is 0.466 e. The number of nitrogens with zero attached hydrogens (tertiary/aromatic N) is 3. The molecule has 0 aliphatic carbocycles. The van der Waals surface area contributed by atoms with Gasteiger partial charge in [0.1, 0.15) is 11.3 Å². The molecule has 0 bridgehead atoms. The van der Waals surface area contributed by atoms with Gasteiger partial charge in [0.2, 0.25) is 5.82 Å². The van der Waals surface area contributed by atoms with Gasteiger partial charge in [0.25, 0.3) is 0 Å². The maximum absolute atomic E-state index is 11.4. The van der Waals surface area contributed by atoms with Crippen molar-refractivity contribution >= 4 is 17.4 Å². The van der Waals surface area contributed by atoms with E-state index in [-0.39, 0.29) is 31.1 Å². The molecule has 0 saturated heterocycles. The zero-order valence-corrected chi connectivity index (χ0v) is 10.4. The van der Waals surface area contributed by atoms with Crippen LogP contribution in [0.4, 0.5) is 5.82 Å². The first kappa shape index (κ1) is 13.2. The van der Waals surface area contributed by atoms with Crippen molar-refractivity contribution < 1.29 is 14.6 Å². The molecule has 2 aromatic heterocycles. The Morgan fingerprint density at radius 1 is 1.58 bits per heavy atom. The number of carbonyl (C=O) groups is 1. The number of aliphatic hydroxyl groups excluding tert-OH is 1. The van der Waals surface area contributed by atoms with Gasteiger partial charge >= 0.3 is 5.97 Å². The highest BCUT2D eigenvalue weighted by atomic mass is 16.5. The highest BCUT2D eigenvalue weighted by Crippen LogP contribution is 2.24. The second-order valence-electron chi connectivity index (χ2n) is 3.84. The van der Waals surface area contributed by atoms with Crippen molar-refractivity contribution in [3.8, 4) is 0 Å². The van der Waals surface area contributed by atoms with Crippen molar-refractivity contribution in [2.75, 3.05) is 6.61 Å². The standard InChI is InChI=1S/C12H13N3O4/c1-2-19-10(17)6-9-12(14-18)15-5-3-4-8(7-16)11(15)13-9/h3-5,16H,2,6-7H2,1H3. The predicted octanol–water partition coefficient (Wildman–Crippen LogP) is 1.33. The maximum atomic E-state index is 11.4. The Kier molecular flexibility index (Phi) is 3.86. The van der Waals surface area contributed by atoms with E-state index in [4.69, 9.17) is 4.74 Å². The molecule has 0 fully saturated rings. The molecule has 2 rings (SSSR count). The minimum atomic E-state index is -0.471. The summed E-state index contributed by atoms with van der Waals surface area (Å²) in [5.41, 5.74) is 1.22. The van der Waals surface area contributed by atoms with Crippen LogP contribution < -0.4 is 0 Å². The van der Waals surface area contributed by atoms with E-state index in [2.05, 4.69) is 10.2 Å². The van der Waals surface area contributed by atoms with Gasteiger partial charge in [-0.05, 0) is 18.2 Å². The van der Waals surface area contributed by atoms with Crippen molar-refractivity contribution in [3.05, 3.63) is 34.5 Å². The molecule has 2 aromatic rings. The molecule has 0 aromatic carbocycles. The van der Waals surface area contributed by atoms with E-state index in [1.807, 2.05) is 0 Å². The number of nitroso groups, excluding NO2 is 1. The molecule has 2 heterocycles. The van der Waals surface area contributed by atoms with Crippen LogP contribution in [0.5, 0.6) is 0 Å². The highest BCUT2D eigenvalue weighted by Gasteiger charge is 2.18. The highest BCUT2D eigenvalue weighted by molar-refractivity contribution is 5.74. The molecule has 19 heavy (non-hydrogen) atoms. The van der Waals surface area contributed by atoms with Crippen LogP contribution in [0.1, 0.15) is 18.2 Å². The molecule has 0 atom stereocenters. The lowest BCUT2D eigenvalue weighted by Gasteiger charge is -1.99. The smallest absolute Gasteiger partial charge is 0.312 e. The predicted molar refractivity (Wildman–Crippen MR) is 66.9 cm³/mol. The van der Waals surface area contributed by atoms with Crippen molar-refractivity contribution in [1.29, 1.82) is 0 Å². The van der Waals surface area contributed by atoms with Gasteiger partial charge in [-0.1, -0.05) is 6.07 Å². The third-order valence-corrected chi connectivity index (χ3v) is 2.65. The summed E-state index contributed by atoms with van der Waals surface area (Å²) in [6.07, 6.45) is 1.48. The van der Waals surface area contributed by atoms with Crippen molar-refractivity contribution in [2.45, 2.75) is 20.0 Å². The molecule has 0 radical (unpaired) electrons. The van der Waals surface area contributed by atoms with Crippen LogP contribution in [-0.2, 0) is 22.6 Å². The molecular formula is C12H13N3O4. The Labute approximate surface area is 108 Å². The minimum absolute atomic E-state index is 0.0540. The van der Waals surface area contributed by atoms with Crippen LogP contribution in [0.15, 0.2) is 23.5 Å². The van der Waals surface area contributed by atoms with Gasteiger partial charge in [0, 0.05) is 11.8 Å². The first-order chi connectivity index (χ1) is 9.21. The number of fused-ring (bicyclic) bond motifs is 1. The molecule has 0 aliphatic rings. The monoisotopic (exact) mass is 263 g/mol. The zero-order chi connectivity index (χ0) is 13.8. The lowest BCUT2D eigenvalue weighted by Crippen LogP contribution is -2.07. The average molecular weight is 263 g/mol. The Balaban J connectivity index is 2.49. The van der Waals surface area contributed by atoms with Gasteiger partial charge in [-0.15, -0.1) is 4.91 Å².